The van der Waals surface area contributed by atoms with Gasteiger partial charge in [-0.05, 0) is 30.7 Å². The van der Waals surface area contributed by atoms with E-state index < -0.39 is 16.7 Å². The molecule has 0 heterocycles. The van der Waals surface area contributed by atoms with Crippen molar-refractivity contribution in [2.75, 3.05) is 5.32 Å². The van der Waals surface area contributed by atoms with Gasteiger partial charge in [-0.3, -0.25) is 19.7 Å². The molecule has 2 amide bonds. The Morgan fingerprint density at radius 3 is 2.69 bits per heavy atom. The topological polar surface area (TPSA) is 134 Å². The third kappa shape index (κ3) is 4.54. The number of hydrazone groups is 1. The number of non-ortho nitro benzene ring substituents is 1. The molecular weight excluding hydrogens is 364 g/mol. The molecule has 134 valence electrons. The van der Waals surface area contributed by atoms with Gasteiger partial charge in [-0.25, -0.2) is 5.43 Å². The van der Waals surface area contributed by atoms with Gasteiger partial charge in [0.1, 0.15) is 5.75 Å². The molecule has 26 heavy (non-hydrogen) atoms. The number of hydrogen-bond acceptors (Lipinski definition) is 6. The van der Waals surface area contributed by atoms with Gasteiger partial charge in [0.05, 0.1) is 11.1 Å². The number of anilines is 1. The molecule has 2 rings (SSSR count). The molecule has 0 aromatic heterocycles. The van der Waals surface area contributed by atoms with Gasteiger partial charge in [-0.1, -0.05) is 17.7 Å². The second-order valence-corrected chi connectivity index (χ2v) is 5.47. The summed E-state index contributed by atoms with van der Waals surface area (Å²) < 4.78 is 0. The average Bonchev–Trinajstić information content (AvgIpc) is 2.60. The fourth-order valence-corrected chi connectivity index (χ4v) is 2.07. The standard InChI is InChI=1S/C16H13ClN4O5/c1-9-12(17)3-2-4-13(9)19-15(23)16(24)20-18-8-10-7-11(21(25)26)5-6-14(10)22/h2-8,22H,1H3,(H,19,23)(H,20,24)/b18-8-. The molecule has 0 fully saturated rings. The van der Waals surface area contributed by atoms with E-state index >= 15 is 0 Å². The molecule has 0 aliphatic rings. The van der Waals surface area contributed by atoms with Crippen LogP contribution in [0.25, 0.3) is 0 Å². The van der Waals surface area contributed by atoms with E-state index in [-0.39, 0.29) is 17.0 Å². The van der Waals surface area contributed by atoms with Crippen molar-refractivity contribution < 1.29 is 19.6 Å². The van der Waals surface area contributed by atoms with Crippen LogP contribution in [-0.2, 0) is 9.59 Å². The molecule has 0 radical (unpaired) electrons. The van der Waals surface area contributed by atoms with Crippen molar-refractivity contribution in [1.82, 2.24) is 5.43 Å². The maximum Gasteiger partial charge on any atom is 0.329 e. The maximum atomic E-state index is 11.8. The van der Waals surface area contributed by atoms with Crippen LogP contribution in [0.5, 0.6) is 5.75 Å². The van der Waals surface area contributed by atoms with Gasteiger partial charge in [-0.15, -0.1) is 0 Å². The first kappa shape index (κ1) is 18.9. The Kier molecular flexibility index (Phi) is 5.86. The van der Waals surface area contributed by atoms with E-state index in [0.29, 0.717) is 16.3 Å². The first-order chi connectivity index (χ1) is 12.3. The molecular formula is C16H13ClN4O5. The molecule has 0 saturated carbocycles. The van der Waals surface area contributed by atoms with Crippen LogP contribution in [0, 0.1) is 17.0 Å². The van der Waals surface area contributed by atoms with E-state index in [2.05, 4.69) is 10.4 Å². The summed E-state index contributed by atoms with van der Waals surface area (Å²) >= 11 is 5.93. The van der Waals surface area contributed by atoms with Gasteiger partial charge >= 0.3 is 11.8 Å². The molecule has 0 unspecified atom stereocenters. The van der Waals surface area contributed by atoms with Crippen LogP contribution in [-0.4, -0.2) is 28.1 Å². The predicted octanol–water partition coefficient (Wildman–Crippen LogP) is 2.35. The molecule has 0 aliphatic heterocycles. The third-order valence-corrected chi connectivity index (χ3v) is 3.72. The number of aromatic hydroxyl groups is 1. The van der Waals surface area contributed by atoms with E-state index in [1.807, 2.05) is 5.43 Å². The lowest BCUT2D eigenvalue weighted by atomic mass is 10.2. The number of rotatable bonds is 4. The molecule has 9 nitrogen and oxygen atoms in total. The van der Waals surface area contributed by atoms with Gasteiger partial charge < -0.3 is 10.4 Å². The summed E-state index contributed by atoms with van der Waals surface area (Å²) in [5, 5.41) is 26.7. The lowest BCUT2D eigenvalue weighted by molar-refractivity contribution is -0.384. The highest BCUT2D eigenvalue weighted by Gasteiger charge is 2.15. The summed E-state index contributed by atoms with van der Waals surface area (Å²) in [6, 6.07) is 8.15. The highest BCUT2D eigenvalue weighted by molar-refractivity contribution is 6.40. The van der Waals surface area contributed by atoms with Crippen LogP contribution in [0.15, 0.2) is 41.5 Å². The average molecular weight is 377 g/mol. The number of carbonyl (C=O) groups excluding carboxylic acids is 2. The van der Waals surface area contributed by atoms with E-state index in [9.17, 15) is 24.8 Å². The number of phenols is 1. The van der Waals surface area contributed by atoms with Crippen LogP contribution < -0.4 is 10.7 Å². The Hall–Kier alpha value is -3.46. The van der Waals surface area contributed by atoms with Gasteiger partial charge in [-0.2, -0.15) is 5.10 Å². The zero-order chi connectivity index (χ0) is 19.3. The van der Waals surface area contributed by atoms with Crippen LogP contribution in [0.2, 0.25) is 5.02 Å². The largest absolute Gasteiger partial charge is 0.507 e. The van der Waals surface area contributed by atoms with Crippen molar-refractivity contribution >= 4 is 41.0 Å². The molecule has 0 spiro atoms. The van der Waals surface area contributed by atoms with Crippen molar-refractivity contribution in [1.29, 1.82) is 0 Å². The quantitative estimate of drug-likeness (QED) is 0.326. The number of hydrogen-bond donors (Lipinski definition) is 3. The predicted molar refractivity (Wildman–Crippen MR) is 95.3 cm³/mol. The molecule has 0 atom stereocenters. The number of nitrogens with zero attached hydrogens (tertiary/aromatic N) is 2. The zero-order valence-corrected chi connectivity index (χ0v) is 14.1. The van der Waals surface area contributed by atoms with Crippen LogP contribution >= 0.6 is 11.6 Å². The van der Waals surface area contributed by atoms with Crippen molar-refractivity contribution in [2.24, 2.45) is 5.10 Å². The summed E-state index contributed by atoms with van der Waals surface area (Å²) in [5.41, 5.74) is 2.68. The number of nitro groups is 1. The number of benzene rings is 2. The minimum atomic E-state index is -1.06. The summed E-state index contributed by atoms with van der Waals surface area (Å²) in [7, 11) is 0. The second kappa shape index (κ2) is 8.08. The minimum Gasteiger partial charge on any atom is -0.507 e. The van der Waals surface area contributed by atoms with Crippen molar-refractivity contribution in [2.45, 2.75) is 6.92 Å². The Morgan fingerprint density at radius 2 is 2.00 bits per heavy atom. The molecule has 0 aliphatic carbocycles. The Labute approximate surface area is 152 Å². The molecule has 2 aromatic carbocycles. The number of nitro benzene ring substituents is 1. The first-order valence-electron chi connectivity index (χ1n) is 7.16. The highest BCUT2D eigenvalue weighted by Crippen LogP contribution is 2.23. The summed E-state index contributed by atoms with van der Waals surface area (Å²) in [5.74, 6) is -2.31. The fourth-order valence-electron chi connectivity index (χ4n) is 1.89. The number of phenolic OH excluding ortho intramolecular Hbond substituents is 1. The Morgan fingerprint density at radius 1 is 1.27 bits per heavy atom. The van der Waals surface area contributed by atoms with Crippen molar-refractivity contribution in [3.8, 4) is 5.75 Å². The van der Waals surface area contributed by atoms with Gasteiger partial charge in [0, 0.05) is 28.4 Å². The van der Waals surface area contributed by atoms with Gasteiger partial charge in [0.15, 0.2) is 0 Å². The minimum absolute atomic E-state index is 0.00518. The lowest BCUT2D eigenvalue weighted by Crippen LogP contribution is -2.32. The molecule has 3 N–H and O–H groups in total. The number of carbonyl (C=O) groups is 2. The van der Waals surface area contributed by atoms with E-state index in [0.717, 1.165) is 24.4 Å². The normalized spacial score (nSPS) is 10.5. The molecule has 0 saturated heterocycles. The van der Waals surface area contributed by atoms with Crippen LogP contribution in [0.4, 0.5) is 11.4 Å². The monoisotopic (exact) mass is 376 g/mol. The van der Waals surface area contributed by atoms with E-state index in [4.69, 9.17) is 11.6 Å². The number of nitrogens with one attached hydrogen (secondary N) is 2. The first-order valence-corrected chi connectivity index (χ1v) is 7.54. The Bertz CT molecular complexity index is 914. The lowest BCUT2D eigenvalue weighted by Gasteiger charge is -2.08. The van der Waals surface area contributed by atoms with Gasteiger partial charge in [0.2, 0.25) is 0 Å². The SMILES string of the molecule is Cc1c(Cl)cccc1NC(=O)C(=O)N/N=C\c1cc([N+](=O)[O-])ccc1O. The smallest absolute Gasteiger partial charge is 0.329 e. The number of halogens is 1. The van der Waals surface area contributed by atoms with Crippen LogP contribution in [0.1, 0.15) is 11.1 Å². The Balaban J connectivity index is 2.03. The van der Waals surface area contributed by atoms with Crippen LogP contribution in [0.3, 0.4) is 0 Å². The highest BCUT2D eigenvalue weighted by atomic mass is 35.5. The summed E-state index contributed by atoms with van der Waals surface area (Å²) in [4.78, 5) is 33.7. The second-order valence-electron chi connectivity index (χ2n) is 5.07. The van der Waals surface area contributed by atoms with E-state index in [1.54, 1.807) is 25.1 Å². The third-order valence-electron chi connectivity index (χ3n) is 3.31. The fraction of sp³-hybridized carbons (Fsp3) is 0.0625. The summed E-state index contributed by atoms with van der Waals surface area (Å²) in [6.07, 6.45) is 0.984. The maximum absolute atomic E-state index is 11.8. The molecule has 10 heteroatoms. The van der Waals surface area contributed by atoms with Crippen molar-refractivity contribution in [3.63, 3.8) is 0 Å². The molecule has 2 aromatic rings. The zero-order valence-electron chi connectivity index (χ0n) is 13.4. The van der Waals surface area contributed by atoms with Gasteiger partial charge in [0.25, 0.3) is 5.69 Å². The molecule has 0 bridgehead atoms. The van der Waals surface area contributed by atoms with Crippen molar-refractivity contribution in [3.05, 3.63) is 62.7 Å². The van der Waals surface area contributed by atoms with E-state index in [1.165, 1.54) is 0 Å². The number of amides is 2. The summed E-state index contributed by atoms with van der Waals surface area (Å²) in [6.45, 7) is 1.68.